The summed E-state index contributed by atoms with van der Waals surface area (Å²) in [6.45, 7) is 41.4. The molecule has 0 fully saturated rings. The molecule has 4 heterocycles. The van der Waals surface area contributed by atoms with E-state index < -0.39 is 0 Å². The summed E-state index contributed by atoms with van der Waals surface area (Å²) in [5, 5.41) is 21.1. The third kappa shape index (κ3) is 7.83. The van der Waals surface area contributed by atoms with Crippen molar-refractivity contribution in [3.8, 4) is 23.1 Å². The molecule has 0 spiro atoms. The van der Waals surface area contributed by atoms with Gasteiger partial charge in [-0.25, -0.2) is 0 Å². The highest BCUT2D eigenvalue weighted by molar-refractivity contribution is 6.20. The molecule has 0 radical (unpaired) electrons. The Kier molecular flexibility index (Phi) is 11.0. The van der Waals surface area contributed by atoms with E-state index in [2.05, 4.69) is 272 Å². The van der Waals surface area contributed by atoms with Gasteiger partial charge in [-0.05, 0) is 145 Å². The molecule has 0 N–H and O–H groups in total. The average molecular weight is 1030 g/mol. The summed E-state index contributed by atoms with van der Waals surface area (Å²) in [4.78, 5) is 0. The van der Waals surface area contributed by atoms with Gasteiger partial charge in [-0.3, -0.25) is 0 Å². The van der Waals surface area contributed by atoms with Crippen LogP contribution in [0.25, 0.3) is 104 Å². The van der Waals surface area contributed by atoms with Gasteiger partial charge in [-0.1, -0.05) is 179 Å². The van der Waals surface area contributed by atoms with Crippen molar-refractivity contribution in [1.82, 2.24) is 13.7 Å². The quantitative estimate of drug-likeness (QED) is 0.177. The number of nitrogens with zero attached hydrogens (tertiary/aromatic N) is 4. The fraction of sp³-hybridized carbons (Fsp3) is 0.329. The van der Waals surface area contributed by atoms with Crippen molar-refractivity contribution < 1.29 is 4.42 Å². The van der Waals surface area contributed by atoms with Crippen LogP contribution in [-0.4, -0.2) is 13.7 Å². The van der Waals surface area contributed by atoms with E-state index in [-0.39, 0.29) is 32.5 Å². The first kappa shape index (κ1) is 51.2. The molecular weight excluding hydrogens is 949 g/mol. The van der Waals surface area contributed by atoms with Gasteiger partial charge in [0, 0.05) is 37.7 Å². The molecule has 0 aliphatic rings. The third-order valence-corrected chi connectivity index (χ3v) is 17.0. The predicted octanol–water partition coefficient (Wildman–Crippen LogP) is 20.5. The second-order valence-electron chi connectivity index (χ2n) is 28.7. The number of hydrogen-bond donors (Lipinski definition) is 0. The van der Waals surface area contributed by atoms with Gasteiger partial charge in [0.2, 0.25) is 0 Å². The maximum absolute atomic E-state index is 12.4. The fourth-order valence-electron chi connectivity index (χ4n) is 12.3. The number of aromatic nitrogens is 3. The van der Waals surface area contributed by atoms with E-state index in [4.69, 9.17) is 4.42 Å². The van der Waals surface area contributed by atoms with E-state index in [9.17, 15) is 5.26 Å². The van der Waals surface area contributed by atoms with Gasteiger partial charge in [0.25, 0.3) is 0 Å². The number of para-hydroxylation sites is 1. The minimum atomic E-state index is -0.108. The Bertz CT molecular complexity index is 4330. The standard InChI is InChI=1S/C73H76N4O/c1-68(2,3)42-23-29-56-49(35-42)50-36-43(69(4,5)6)24-30-57(50)75(56)64-55(41-74)63-48-21-19-20-22-62(48)78-67(63)66(77-60-33-27-46(72(13,14)15)39-53(60)54-40-47(73(16,17)18)28-34-61(54)77)65(64)76-58-31-25-44(70(7,8)9)37-51(58)52-38-45(71(10,11)12)26-32-59(52)76/h19-40H,1-18H3. The number of benzene rings is 8. The average Bonchev–Trinajstić information content (AvgIpc) is 4.15. The number of furan rings is 1. The first-order chi connectivity index (χ1) is 36.4. The number of nitriles is 1. The number of fused-ring (bicyclic) bond motifs is 12. The Labute approximate surface area is 461 Å². The zero-order valence-electron chi connectivity index (χ0n) is 49.4. The molecule has 0 aliphatic heterocycles. The van der Waals surface area contributed by atoms with Crippen LogP contribution in [0.4, 0.5) is 0 Å². The molecule has 4 aromatic heterocycles. The summed E-state index contributed by atoms with van der Waals surface area (Å²) in [6, 6.07) is 53.6. The minimum Gasteiger partial charge on any atom is -0.454 e. The molecule has 78 heavy (non-hydrogen) atoms. The maximum Gasteiger partial charge on any atom is 0.163 e. The molecule has 0 bridgehead atoms. The van der Waals surface area contributed by atoms with Gasteiger partial charge in [-0.15, -0.1) is 0 Å². The Morgan fingerprint density at radius 2 is 0.590 bits per heavy atom. The first-order valence-corrected chi connectivity index (χ1v) is 28.1. The highest BCUT2D eigenvalue weighted by Crippen LogP contribution is 2.51. The second kappa shape index (κ2) is 16.7. The molecule has 0 aliphatic carbocycles. The molecule has 5 heteroatoms. The lowest BCUT2D eigenvalue weighted by Crippen LogP contribution is -2.13. The van der Waals surface area contributed by atoms with Crippen LogP contribution in [0.15, 0.2) is 138 Å². The van der Waals surface area contributed by atoms with Crippen LogP contribution in [-0.2, 0) is 32.5 Å². The number of rotatable bonds is 3. The lowest BCUT2D eigenvalue weighted by molar-refractivity contribution is 0.590. The smallest absolute Gasteiger partial charge is 0.163 e. The molecule has 8 aromatic carbocycles. The largest absolute Gasteiger partial charge is 0.454 e. The first-order valence-electron chi connectivity index (χ1n) is 28.1. The fourth-order valence-corrected chi connectivity index (χ4v) is 12.3. The Morgan fingerprint density at radius 1 is 0.321 bits per heavy atom. The van der Waals surface area contributed by atoms with E-state index in [1.54, 1.807) is 0 Å². The topological polar surface area (TPSA) is 51.7 Å². The van der Waals surface area contributed by atoms with Crippen LogP contribution in [0.2, 0.25) is 0 Å². The molecule has 394 valence electrons. The van der Waals surface area contributed by atoms with E-state index >= 15 is 0 Å². The lowest BCUT2D eigenvalue weighted by Gasteiger charge is -2.25. The molecule has 0 saturated carbocycles. The van der Waals surface area contributed by atoms with Gasteiger partial charge in [0.1, 0.15) is 17.3 Å². The molecule has 12 aromatic rings. The Morgan fingerprint density at radius 3 is 0.872 bits per heavy atom. The van der Waals surface area contributed by atoms with Crippen molar-refractivity contribution >= 4 is 87.4 Å². The molecule has 0 amide bonds. The van der Waals surface area contributed by atoms with Crippen LogP contribution in [0.5, 0.6) is 0 Å². The minimum absolute atomic E-state index is 0.0972. The van der Waals surface area contributed by atoms with Crippen LogP contribution >= 0.6 is 0 Å². The van der Waals surface area contributed by atoms with Crippen LogP contribution in [0.1, 0.15) is 164 Å². The van der Waals surface area contributed by atoms with Gasteiger partial charge >= 0.3 is 0 Å². The predicted molar refractivity (Wildman–Crippen MR) is 334 cm³/mol. The Balaban J connectivity index is 1.42. The van der Waals surface area contributed by atoms with E-state index in [1.807, 2.05) is 6.07 Å². The molecule has 0 unspecified atom stereocenters. The van der Waals surface area contributed by atoms with Crippen molar-refractivity contribution in [1.29, 1.82) is 5.26 Å². The van der Waals surface area contributed by atoms with Crippen LogP contribution in [0, 0.1) is 11.3 Å². The molecular formula is C73H76N4O. The summed E-state index contributed by atoms with van der Waals surface area (Å²) in [6.07, 6.45) is 0. The van der Waals surface area contributed by atoms with Crippen molar-refractivity contribution in [3.63, 3.8) is 0 Å². The maximum atomic E-state index is 12.4. The van der Waals surface area contributed by atoms with Gasteiger partial charge in [0.05, 0.1) is 55.4 Å². The molecule has 0 saturated heterocycles. The zero-order valence-corrected chi connectivity index (χ0v) is 49.4. The van der Waals surface area contributed by atoms with Gasteiger partial charge < -0.3 is 18.1 Å². The summed E-state index contributed by atoms with van der Waals surface area (Å²) < 4.78 is 14.9. The molecule has 0 atom stereocenters. The van der Waals surface area contributed by atoms with Crippen molar-refractivity contribution in [2.24, 2.45) is 0 Å². The SMILES string of the molecule is CC(C)(C)c1ccc2c(c1)c1cc(C(C)(C)C)ccc1n2-c1c(-n2c3ccc(C(C)(C)C)cc3c3cc(C(C)(C)C)ccc32)c(C#N)c2c(oc3ccccc32)c1-n1c2ccc(C(C)(C)C)cc2c2cc(C(C)(C)C)ccc21. The molecule has 12 rings (SSSR count). The van der Waals surface area contributed by atoms with Gasteiger partial charge in [0.15, 0.2) is 5.58 Å². The van der Waals surface area contributed by atoms with Crippen molar-refractivity contribution in [2.45, 2.75) is 157 Å². The zero-order chi connectivity index (χ0) is 55.7. The monoisotopic (exact) mass is 1020 g/mol. The summed E-state index contributed by atoms with van der Waals surface area (Å²) in [7, 11) is 0. The van der Waals surface area contributed by atoms with Crippen molar-refractivity contribution in [2.75, 3.05) is 0 Å². The summed E-state index contributed by atoms with van der Waals surface area (Å²) >= 11 is 0. The third-order valence-electron chi connectivity index (χ3n) is 17.0. The lowest BCUT2D eigenvalue weighted by atomic mass is 9.85. The van der Waals surface area contributed by atoms with E-state index in [1.165, 1.54) is 54.9 Å². The summed E-state index contributed by atoms with van der Waals surface area (Å²) in [5.74, 6) is 0. The van der Waals surface area contributed by atoms with Crippen LogP contribution in [0.3, 0.4) is 0 Å². The Hall–Kier alpha value is -7.55. The normalized spacial score (nSPS) is 13.5. The van der Waals surface area contributed by atoms with E-state index in [0.717, 1.165) is 77.3 Å². The van der Waals surface area contributed by atoms with Crippen molar-refractivity contribution in [3.05, 3.63) is 172 Å². The van der Waals surface area contributed by atoms with E-state index in [0.29, 0.717) is 11.1 Å². The van der Waals surface area contributed by atoms with Gasteiger partial charge in [-0.2, -0.15) is 5.26 Å². The number of hydrogen-bond acceptors (Lipinski definition) is 2. The highest BCUT2D eigenvalue weighted by Gasteiger charge is 2.35. The summed E-state index contributed by atoms with van der Waals surface area (Å²) in [5.41, 5.74) is 17.8. The second-order valence-corrected chi connectivity index (χ2v) is 28.7. The molecule has 5 nitrogen and oxygen atoms in total. The van der Waals surface area contributed by atoms with Crippen LogP contribution < -0.4 is 0 Å². The highest BCUT2D eigenvalue weighted by atomic mass is 16.3.